The standard InChI is InChI=1S/C22H18BrFN6O/c23-17-5-9-19(10-6-17)26-21(27-22(31)16-2-1-11-25-12-16)20-14-30(29-28-20)13-15-3-7-18(24)8-4-15/h1-12,14,21,26H,13H2,(H,27,31). The number of hydrogen-bond donors (Lipinski definition) is 2. The van der Waals surface area contributed by atoms with Gasteiger partial charge in [-0.2, -0.15) is 0 Å². The highest BCUT2D eigenvalue weighted by atomic mass is 79.9. The number of nitrogens with one attached hydrogen (secondary N) is 2. The Bertz CT molecular complexity index is 1150. The zero-order valence-corrected chi connectivity index (χ0v) is 17.8. The molecule has 0 fully saturated rings. The van der Waals surface area contributed by atoms with E-state index in [-0.39, 0.29) is 11.7 Å². The van der Waals surface area contributed by atoms with Crippen LogP contribution in [0.15, 0.2) is 83.7 Å². The van der Waals surface area contributed by atoms with E-state index in [1.165, 1.54) is 18.3 Å². The molecule has 0 radical (unpaired) electrons. The van der Waals surface area contributed by atoms with Crippen LogP contribution in [0, 0.1) is 5.82 Å². The van der Waals surface area contributed by atoms with Crippen molar-refractivity contribution in [3.63, 3.8) is 0 Å². The summed E-state index contributed by atoms with van der Waals surface area (Å²) in [4.78, 5) is 16.7. The summed E-state index contributed by atoms with van der Waals surface area (Å²) in [5.41, 5.74) is 2.65. The molecule has 1 unspecified atom stereocenters. The summed E-state index contributed by atoms with van der Waals surface area (Å²) in [6.07, 6.45) is 4.21. The number of carbonyl (C=O) groups is 1. The maximum absolute atomic E-state index is 13.1. The predicted octanol–water partition coefficient (Wildman–Crippen LogP) is 4.16. The third-order valence-electron chi connectivity index (χ3n) is 4.46. The van der Waals surface area contributed by atoms with Gasteiger partial charge in [-0.3, -0.25) is 9.78 Å². The minimum Gasteiger partial charge on any atom is -0.360 e. The number of amides is 1. The lowest BCUT2D eigenvalue weighted by molar-refractivity contribution is 0.0940. The van der Waals surface area contributed by atoms with Gasteiger partial charge in [0.25, 0.3) is 5.91 Å². The Morgan fingerprint density at radius 1 is 1.10 bits per heavy atom. The number of aromatic nitrogens is 4. The van der Waals surface area contributed by atoms with Crippen LogP contribution in [0.4, 0.5) is 10.1 Å². The number of rotatable bonds is 7. The maximum atomic E-state index is 13.1. The smallest absolute Gasteiger partial charge is 0.254 e. The lowest BCUT2D eigenvalue weighted by atomic mass is 10.2. The van der Waals surface area contributed by atoms with Crippen molar-refractivity contribution in [3.8, 4) is 0 Å². The molecular formula is C22H18BrFN6O. The van der Waals surface area contributed by atoms with E-state index in [1.54, 1.807) is 41.3 Å². The average Bonchev–Trinajstić information content (AvgIpc) is 3.25. The van der Waals surface area contributed by atoms with Crippen LogP contribution < -0.4 is 10.6 Å². The Hall–Kier alpha value is -3.59. The van der Waals surface area contributed by atoms with Crippen molar-refractivity contribution in [1.29, 1.82) is 0 Å². The first-order valence-electron chi connectivity index (χ1n) is 9.44. The summed E-state index contributed by atoms with van der Waals surface area (Å²) in [7, 11) is 0. The number of hydrogen-bond acceptors (Lipinski definition) is 5. The Labute approximate surface area is 186 Å². The number of halogens is 2. The monoisotopic (exact) mass is 480 g/mol. The Kier molecular flexibility index (Phi) is 6.32. The van der Waals surface area contributed by atoms with Gasteiger partial charge >= 0.3 is 0 Å². The molecule has 0 aliphatic rings. The van der Waals surface area contributed by atoms with Crippen molar-refractivity contribution in [2.24, 2.45) is 0 Å². The molecule has 2 aromatic heterocycles. The number of carbonyl (C=O) groups excluding carboxylic acids is 1. The lowest BCUT2D eigenvalue weighted by Gasteiger charge is -2.19. The van der Waals surface area contributed by atoms with Gasteiger partial charge in [0.1, 0.15) is 17.7 Å². The third kappa shape index (κ3) is 5.52. The van der Waals surface area contributed by atoms with E-state index in [2.05, 4.69) is 41.9 Å². The number of nitrogens with zero attached hydrogens (tertiary/aromatic N) is 4. The minimum atomic E-state index is -0.629. The first kappa shape index (κ1) is 20.7. The molecule has 31 heavy (non-hydrogen) atoms. The van der Waals surface area contributed by atoms with Crippen molar-refractivity contribution in [1.82, 2.24) is 25.3 Å². The van der Waals surface area contributed by atoms with E-state index >= 15 is 0 Å². The van der Waals surface area contributed by atoms with Gasteiger partial charge in [-0.05, 0) is 54.1 Å². The fourth-order valence-corrected chi connectivity index (χ4v) is 3.17. The average molecular weight is 481 g/mol. The van der Waals surface area contributed by atoms with Gasteiger partial charge in [-0.15, -0.1) is 5.10 Å². The molecule has 2 aromatic carbocycles. The predicted molar refractivity (Wildman–Crippen MR) is 118 cm³/mol. The first-order valence-corrected chi connectivity index (χ1v) is 10.2. The van der Waals surface area contributed by atoms with E-state index < -0.39 is 6.17 Å². The van der Waals surface area contributed by atoms with Gasteiger partial charge in [-0.1, -0.05) is 33.3 Å². The second-order valence-electron chi connectivity index (χ2n) is 6.77. The molecule has 7 nitrogen and oxygen atoms in total. The van der Waals surface area contributed by atoms with Crippen LogP contribution in [0.2, 0.25) is 0 Å². The number of anilines is 1. The van der Waals surface area contributed by atoms with E-state index in [0.717, 1.165) is 15.7 Å². The molecule has 2 heterocycles. The molecule has 156 valence electrons. The molecule has 0 aliphatic heterocycles. The zero-order valence-electron chi connectivity index (χ0n) is 16.2. The van der Waals surface area contributed by atoms with Crippen molar-refractivity contribution in [2.45, 2.75) is 12.7 Å². The molecule has 4 aromatic rings. The van der Waals surface area contributed by atoms with Gasteiger partial charge in [0, 0.05) is 22.6 Å². The molecular weight excluding hydrogens is 463 g/mol. The van der Waals surface area contributed by atoms with Crippen molar-refractivity contribution in [2.75, 3.05) is 5.32 Å². The van der Waals surface area contributed by atoms with Crippen LogP contribution in [0.3, 0.4) is 0 Å². The SMILES string of the molecule is O=C(NC(Nc1ccc(Br)cc1)c1cn(Cc2ccc(F)cc2)nn1)c1cccnc1. The van der Waals surface area contributed by atoms with Crippen LogP contribution in [0.1, 0.15) is 27.8 Å². The summed E-state index contributed by atoms with van der Waals surface area (Å²) < 4.78 is 15.7. The number of benzene rings is 2. The molecule has 1 amide bonds. The fourth-order valence-electron chi connectivity index (χ4n) is 2.91. The molecule has 0 saturated heterocycles. The molecule has 0 spiro atoms. The van der Waals surface area contributed by atoms with Crippen molar-refractivity contribution < 1.29 is 9.18 Å². The van der Waals surface area contributed by atoms with Crippen molar-refractivity contribution >= 4 is 27.5 Å². The Balaban J connectivity index is 1.55. The first-order chi connectivity index (χ1) is 15.1. The van der Waals surface area contributed by atoms with E-state index in [4.69, 9.17) is 0 Å². The Morgan fingerprint density at radius 3 is 2.58 bits per heavy atom. The van der Waals surface area contributed by atoms with Crippen LogP contribution >= 0.6 is 15.9 Å². The highest BCUT2D eigenvalue weighted by Gasteiger charge is 2.19. The lowest BCUT2D eigenvalue weighted by Crippen LogP contribution is -2.33. The van der Waals surface area contributed by atoms with Crippen LogP contribution in [0.5, 0.6) is 0 Å². The van der Waals surface area contributed by atoms with Gasteiger partial charge in [0.2, 0.25) is 0 Å². The summed E-state index contributed by atoms with van der Waals surface area (Å²) in [5.74, 6) is -0.587. The summed E-state index contributed by atoms with van der Waals surface area (Å²) >= 11 is 3.41. The highest BCUT2D eigenvalue weighted by molar-refractivity contribution is 9.10. The van der Waals surface area contributed by atoms with Crippen LogP contribution in [0.25, 0.3) is 0 Å². The number of pyridine rings is 1. The molecule has 0 saturated carbocycles. The van der Waals surface area contributed by atoms with E-state index in [1.807, 2.05) is 24.3 Å². The van der Waals surface area contributed by atoms with Gasteiger partial charge in [0.15, 0.2) is 0 Å². The topological polar surface area (TPSA) is 84.7 Å². The normalized spacial score (nSPS) is 11.7. The molecule has 0 aliphatic carbocycles. The fraction of sp³-hybridized carbons (Fsp3) is 0.0909. The van der Waals surface area contributed by atoms with Crippen LogP contribution in [-0.4, -0.2) is 25.9 Å². The minimum absolute atomic E-state index is 0.292. The molecule has 0 bridgehead atoms. The zero-order chi connectivity index (χ0) is 21.6. The van der Waals surface area contributed by atoms with Crippen LogP contribution in [-0.2, 0) is 6.54 Å². The van der Waals surface area contributed by atoms with Gasteiger partial charge in [-0.25, -0.2) is 9.07 Å². The van der Waals surface area contributed by atoms with Gasteiger partial charge < -0.3 is 10.6 Å². The third-order valence-corrected chi connectivity index (χ3v) is 4.99. The molecule has 1 atom stereocenters. The Morgan fingerprint density at radius 2 is 1.87 bits per heavy atom. The summed E-state index contributed by atoms with van der Waals surface area (Å²) in [6, 6.07) is 17.1. The second kappa shape index (κ2) is 9.48. The maximum Gasteiger partial charge on any atom is 0.254 e. The highest BCUT2D eigenvalue weighted by Crippen LogP contribution is 2.19. The van der Waals surface area contributed by atoms with Crippen molar-refractivity contribution in [3.05, 3.63) is 106 Å². The second-order valence-corrected chi connectivity index (χ2v) is 7.68. The molecule has 2 N–H and O–H groups in total. The van der Waals surface area contributed by atoms with E-state index in [9.17, 15) is 9.18 Å². The summed E-state index contributed by atoms with van der Waals surface area (Å²) in [5, 5.41) is 14.6. The van der Waals surface area contributed by atoms with Gasteiger partial charge in [0.05, 0.1) is 18.3 Å². The molecule has 4 rings (SSSR count). The van der Waals surface area contributed by atoms with E-state index in [0.29, 0.717) is 17.8 Å². The molecule has 9 heteroatoms. The quantitative estimate of drug-likeness (QED) is 0.388. The summed E-state index contributed by atoms with van der Waals surface area (Å²) in [6.45, 7) is 0.425. The largest absolute Gasteiger partial charge is 0.360 e.